The summed E-state index contributed by atoms with van der Waals surface area (Å²) < 4.78 is 15.1. The molecule has 0 saturated heterocycles. The molecule has 0 aromatic carbocycles. The summed E-state index contributed by atoms with van der Waals surface area (Å²) in [5.74, 6) is 0.578. The van der Waals surface area contributed by atoms with Crippen LogP contribution in [0.3, 0.4) is 0 Å². The first kappa shape index (κ1) is 14.4. The lowest BCUT2D eigenvalue weighted by atomic mass is 10.2. The smallest absolute Gasteiger partial charge is 0.335 e. The van der Waals surface area contributed by atoms with Crippen LogP contribution in [0.1, 0.15) is 38.4 Å². The largest absolute Gasteiger partial charge is 0.454 e. The van der Waals surface area contributed by atoms with Crippen LogP contribution in [0.4, 0.5) is 0 Å². The van der Waals surface area contributed by atoms with Crippen molar-refractivity contribution in [2.24, 2.45) is 0 Å². The minimum absolute atomic E-state index is 0.0413. The molecule has 1 aromatic heterocycles. The fraction of sp³-hybridized carbons (Fsp3) is 0.583. The van der Waals surface area contributed by atoms with Crippen molar-refractivity contribution in [2.75, 3.05) is 6.61 Å². The third-order valence-corrected chi connectivity index (χ3v) is 2.13. The molecule has 0 N–H and O–H groups in total. The lowest BCUT2D eigenvalue weighted by Gasteiger charge is -2.09. The Hall–Kier alpha value is -1.69. The Bertz CT molecular complexity index is 401. The van der Waals surface area contributed by atoms with Gasteiger partial charge in [-0.2, -0.15) is 4.98 Å². The first-order chi connectivity index (χ1) is 8.54. The Kier molecular flexibility index (Phi) is 5.51. The second-order valence-electron chi connectivity index (χ2n) is 4.07. The van der Waals surface area contributed by atoms with Crippen molar-refractivity contribution in [1.29, 1.82) is 0 Å². The summed E-state index contributed by atoms with van der Waals surface area (Å²) in [6.45, 7) is 9.26. The van der Waals surface area contributed by atoms with Crippen molar-refractivity contribution in [1.82, 2.24) is 10.1 Å². The van der Waals surface area contributed by atoms with Gasteiger partial charge in [-0.3, -0.25) is 0 Å². The summed E-state index contributed by atoms with van der Waals surface area (Å²) in [5.41, 5.74) is 0. The summed E-state index contributed by atoms with van der Waals surface area (Å²) >= 11 is 0. The summed E-state index contributed by atoms with van der Waals surface area (Å²) in [5, 5.41) is 3.77. The van der Waals surface area contributed by atoms with E-state index in [0.29, 0.717) is 12.4 Å². The van der Waals surface area contributed by atoms with E-state index < -0.39 is 12.1 Å². The van der Waals surface area contributed by atoms with Crippen molar-refractivity contribution in [3.63, 3.8) is 0 Å². The van der Waals surface area contributed by atoms with Gasteiger partial charge in [-0.25, -0.2) is 4.79 Å². The fourth-order valence-corrected chi connectivity index (χ4v) is 1.09. The van der Waals surface area contributed by atoms with E-state index in [-0.39, 0.29) is 18.4 Å². The zero-order chi connectivity index (χ0) is 13.5. The number of carbonyl (C=O) groups is 1. The molecule has 0 radical (unpaired) electrons. The second kappa shape index (κ2) is 6.90. The van der Waals surface area contributed by atoms with Gasteiger partial charge >= 0.3 is 5.97 Å². The minimum Gasteiger partial charge on any atom is -0.454 e. The third-order valence-electron chi connectivity index (χ3n) is 2.13. The van der Waals surface area contributed by atoms with Crippen LogP contribution < -0.4 is 0 Å². The van der Waals surface area contributed by atoms with E-state index in [2.05, 4.69) is 16.7 Å². The van der Waals surface area contributed by atoms with Crippen LogP contribution in [0.15, 0.2) is 17.2 Å². The average molecular weight is 254 g/mol. The molecule has 0 aliphatic carbocycles. The van der Waals surface area contributed by atoms with Gasteiger partial charge in [0.15, 0.2) is 18.5 Å². The molecule has 0 amide bonds. The maximum absolute atomic E-state index is 11.5. The molecule has 1 heterocycles. The van der Waals surface area contributed by atoms with Gasteiger partial charge in [-0.1, -0.05) is 25.1 Å². The van der Waals surface area contributed by atoms with E-state index in [9.17, 15) is 4.79 Å². The third kappa shape index (κ3) is 4.29. The monoisotopic (exact) mass is 254 g/mol. The molecule has 0 aliphatic heterocycles. The molecule has 1 atom stereocenters. The predicted molar refractivity (Wildman–Crippen MR) is 63.8 cm³/mol. The molecule has 1 aromatic rings. The van der Waals surface area contributed by atoms with Crippen LogP contribution in [0.5, 0.6) is 0 Å². The van der Waals surface area contributed by atoms with Crippen LogP contribution in [0, 0.1) is 0 Å². The van der Waals surface area contributed by atoms with E-state index in [1.54, 1.807) is 13.0 Å². The van der Waals surface area contributed by atoms with Gasteiger partial charge in [-0.15, -0.1) is 6.58 Å². The van der Waals surface area contributed by atoms with E-state index in [4.69, 9.17) is 14.0 Å². The van der Waals surface area contributed by atoms with Gasteiger partial charge in [0.2, 0.25) is 0 Å². The topological polar surface area (TPSA) is 74.5 Å². The molecule has 1 rings (SSSR count). The molecule has 0 bridgehead atoms. The first-order valence-corrected chi connectivity index (χ1v) is 5.76. The highest BCUT2D eigenvalue weighted by Gasteiger charge is 2.16. The standard InChI is InChI=1S/C12H18N2O4/c1-5-6-16-9(4)12(15)17-7-10-13-11(8(2)3)14-18-10/h5,8-9H,1,6-7H2,2-4H3. The quantitative estimate of drug-likeness (QED) is 0.546. The molecule has 0 aliphatic rings. The zero-order valence-corrected chi connectivity index (χ0v) is 10.9. The Morgan fingerprint density at radius 3 is 2.78 bits per heavy atom. The van der Waals surface area contributed by atoms with Gasteiger partial charge < -0.3 is 14.0 Å². The van der Waals surface area contributed by atoms with Crippen LogP contribution in [0.2, 0.25) is 0 Å². The van der Waals surface area contributed by atoms with Crippen molar-refractivity contribution in [3.8, 4) is 0 Å². The van der Waals surface area contributed by atoms with E-state index in [1.165, 1.54) is 0 Å². The Morgan fingerprint density at radius 2 is 2.22 bits per heavy atom. The molecular weight excluding hydrogens is 236 g/mol. The SMILES string of the molecule is C=CCOC(C)C(=O)OCc1nc(C(C)C)no1. The Labute approximate surface area is 106 Å². The lowest BCUT2D eigenvalue weighted by molar-refractivity contribution is -0.157. The number of aromatic nitrogens is 2. The van der Waals surface area contributed by atoms with Gasteiger partial charge in [0.1, 0.15) is 0 Å². The normalized spacial score (nSPS) is 12.4. The Balaban J connectivity index is 2.39. The van der Waals surface area contributed by atoms with Gasteiger partial charge in [0.25, 0.3) is 5.89 Å². The number of hydrogen-bond donors (Lipinski definition) is 0. The van der Waals surface area contributed by atoms with Gasteiger partial charge in [-0.05, 0) is 6.92 Å². The summed E-state index contributed by atoms with van der Waals surface area (Å²) in [6.07, 6.45) is 0.923. The van der Waals surface area contributed by atoms with Crippen LogP contribution in [-0.4, -0.2) is 28.8 Å². The lowest BCUT2D eigenvalue weighted by Crippen LogP contribution is -2.23. The number of hydrogen-bond acceptors (Lipinski definition) is 6. The fourth-order valence-electron chi connectivity index (χ4n) is 1.09. The number of rotatable bonds is 7. The first-order valence-electron chi connectivity index (χ1n) is 5.76. The number of carbonyl (C=O) groups excluding carboxylic acids is 1. The van der Waals surface area contributed by atoms with Gasteiger partial charge in [0, 0.05) is 5.92 Å². The highest BCUT2D eigenvalue weighted by Crippen LogP contribution is 2.10. The summed E-state index contributed by atoms with van der Waals surface area (Å²) in [6, 6.07) is 0. The number of nitrogens with zero attached hydrogens (tertiary/aromatic N) is 2. The molecule has 18 heavy (non-hydrogen) atoms. The van der Waals surface area contributed by atoms with Crippen molar-refractivity contribution >= 4 is 5.97 Å². The predicted octanol–water partition coefficient (Wildman–Crippen LogP) is 1.83. The van der Waals surface area contributed by atoms with Crippen LogP contribution >= 0.6 is 0 Å². The van der Waals surface area contributed by atoms with Crippen LogP contribution in [-0.2, 0) is 20.9 Å². The molecule has 6 nitrogen and oxygen atoms in total. The number of esters is 1. The number of ether oxygens (including phenoxy) is 2. The van der Waals surface area contributed by atoms with Gasteiger partial charge in [0.05, 0.1) is 6.61 Å². The summed E-state index contributed by atoms with van der Waals surface area (Å²) in [7, 11) is 0. The van der Waals surface area contributed by atoms with Crippen molar-refractivity contribution in [2.45, 2.75) is 39.4 Å². The average Bonchev–Trinajstić information content (AvgIpc) is 2.81. The maximum Gasteiger partial charge on any atom is 0.335 e. The minimum atomic E-state index is -0.643. The maximum atomic E-state index is 11.5. The zero-order valence-electron chi connectivity index (χ0n) is 10.9. The highest BCUT2D eigenvalue weighted by atomic mass is 16.6. The molecule has 6 heteroatoms. The van der Waals surface area contributed by atoms with Crippen molar-refractivity contribution < 1.29 is 18.8 Å². The summed E-state index contributed by atoms with van der Waals surface area (Å²) in [4.78, 5) is 15.6. The van der Waals surface area contributed by atoms with E-state index in [0.717, 1.165) is 0 Å². The van der Waals surface area contributed by atoms with Crippen molar-refractivity contribution in [3.05, 3.63) is 24.4 Å². The molecular formula is C12H18N2O4. The molecule has 100 valence electrons. The molecule has 0 saturated carbocycles. The van der Waals surface area contributed by atoms with Crippen LogP contribution in [0.25, 0.3) is 0 Å². The second-order valence-corrected chi connectivity index (χ2v) is 4.07. The molecule has 0 fully saturated rings. The van der Waals surface area contributed by atoms with E-state index in [1.807, 2.05) is 13.8 Å². The Morgan fingerprint density at radius 1 is 1.50 bits per heavy atom. The molecule has 0 spiro atoms. The molecule has 1 unspecified atom stereocenters. The van der Waals surface area contributed by atoms with E-state index >= 15 is 0 Å². The highest BCUT2D eigenvalue weighted by molar-refractivity contribution is 5.74.